The molecule has 0 radical (unpaired) electrons. The molecular formula is C13H18BrN3O. The number of hydrogen-bond acceptors (Lipinski definition) is 2. The van der Waals surface area contributed by atoms with Crippen molar-refractivity contribution in [2.24, 2.45) is 0 Å². The Morgan fingerprint density at radius 1 is 1.28 bits per heavy atom. The number of carbonyl (C=O) groups excluding carboxylic acids is 1. The van der Waals surface area contributed by atoms with Gasteiger partial charge in [-0.3, -0.25) is 0 Å². The Kier molecular flexibility index (Phi) is 4.24. The maximum atomic E-state index is 12.1. The van der Waals surface area contributed by atoms with E-state index in [9.17, 15) is 4.79 Å². The van der Waals surface area contributed by atoms with Gasteiger partial charge in [0.05, 0.1) is 0 Å². The number of urea groups is 1. The summed E-state index contributed by atoms with van der Waals surface area (Å²) in [5.41, 5.74) is 1.94. The number of nitrogens with one attached hydrogen (secondary N) is 1. The summed E-state index contributed by atoms with van der Waals surface area (Å²) in [5, 5.41) is 2.97. The van der Waals surface area contributed by atoms with Gasteiger partial charge in [-0.05, 0) is 37.7 Å². The number of aryl methyl sites for hydroxylation is 1. The predicted molar refractivity (Wildman–Crippen MR) is 77.0 cm³/mol. The molecule has 0 bridgehead atoms. The number of carbonyl (C=O) groups is 1. The lowest BCUT2D eigenvalue weighted by Gasteiger charge is -2.32. The SMILES string of the molecule is Cc1cc(Br)ccc1NC(=O)N1CCN(C)CC1. The molecule has 0 atom stereocenters. The minimum atomic E-state index is -0.00600. The van der Waals surface area contributed by atoms with E-state index in [1.54, 1.807) is 0 Å². The zero-order valence-corrected chi connectivity index (χ0v) is 12.3. The van der Waals surface area contributed by atoms with E-state index in [0.29, 0.717) is 0 Å². The van der Waals surface area contributed by atoms with Crippen molar-refractivity contribution in [1.29, 1.82) is 0 Å². The molecule has 18 heavy (non-hydrogen) atoms. The Balaban J connectivity index is 1.98. The van der Waals surface area contributed by atoms with Crippen LogP contribution in [0.15, 0.2) is 22.7 Å². The molecule has 0 spiro atoms. The van der Waals surface area contributed by atoms with E-state index in [4.69, 9.17) is 0 Å². The van der Waals surface area contributed by atoms with Crippen LogP contribution in [0.5, 0.6) is 0 Å². The van der Waals surface area contributed by atoms with Gasteiger partial charge in [0.2, 0.25) is 0 Å². The first-order chi connectivity index (χ1) is 8.56. The summed E-state index contributed by atoms with van der Waals surface area (Å²) in [5.74, 6) is 0. The highest BCUT2D eigenvalue weighted by Gasteiger charge is 2.19. The molecule has 98 valence electrons. The van der Waals surface area contributed by atoms with Crippen LogP contribution in [-0.4, -0.2) is 49.1 Å². The number of piperazine rings is 1. The van der Waals surface area contributed by atoms with Gasteiger partial charge < -0.3 is 15.1 Å². The van der Waals surface area contributed by atoms with E-state index in [1.807, 2.05) is 30.0 Å². The summed E-state index contributed by atoms with van der Waals surface area (Å²) in [6.07, 6.45) is 0. The minimum Gasteiger partial charge on any atom is -0.322 e. The molecule has 1 saturated heterocycles. The van der Waals surface area contributed by atoms with Gasteiger partial charge in [0.25, 0.3) is 0 Å². The van der Waals surface area contributed by atoms with Crippen LogP contribution in [-0.2, 0) is 0 Å². The van der Waals surface area contributed by atoms with Crippen LogP contribution in [0.3, 0.4) is 0 Å². The number of nitrogens with zero attached hydrogens (tertiary/aromatic N) is 2. The van der Waals surface area contributed by atoms with Crippen LogP contribution < -0.4 is 5.32 Å². The number of anilines is 1. The van der Waals surface area contributed by atoms with Crippen molar-refractivity contribution >= 4 is 27.6 Å². The summed E-state index contributed by atoms with van der Waals surface area (Å²) >= 11 is 3.42. The van der Waals surface area contributed by atoms with Gasteiger partial charge in [0.1, 0.15) is 0 Å². The zero-order chi connectivity index (χ0) is 13.1. The van der Waals surface area contributed by atoms with Gasteiger partial charge in [-0.2, -0.15) is 0 Å². The highest BCUT2D eigenvalue weighted by Crippen LogP contribution is 2.20. The van der Waals surface area contributed by atoms with E-state index < -0.39 is 0 Å². The topological polar surface area (TPSA) is 35.6 Å². The third-order valence-corrected chi connectivity index (χ3v) is 3.71. The van der Waals surface area contributed by atoms with Gasteiger partial charge in [0, 0.05) is 36.3 Å². The van der Waals surface area contributed by atoms with Crippen LogP contribution in [0.1, 0.15) is 5.56 Å². The highest BCUT2D eigenvalue weighted by molar-refractivity contribution is 9.10. The third-order valence-electron chi connectivity index (χ3n) is 3.22. The average Bonchev–Trinajstić information content (AvgIpc) is 2.33. The summed E-state index contributed by atoms with van der Waals surface area (Å²) in [4.78, 5) is 16.2. The van der Waals surface area contributed by atoms with Crippen molar-refractivity contribution in [3.63, 3.8) is 0 Å². The molecule has 0 unspecified atom stereocenters. The molecule has 1 aromatic carbocycles. The molecule has 1 aromatic rings. The number of amides is 2. The monoisotopic (exact) mass is 311 g/mol. The second kappa shape index (κ2) is 5.71. The van der Waals surface area contributed by atoms with Gasteiger partial charge >= 0.3 is 6.03 Å². The summed E-state index contributed by atoms with van der Waals surface area (Å²) in [7, 11) is 2.08. The first-order valence-corrected chi connectivity index (χ1v) is 6.86. The van der Waals surface area contributed by atoms with Gasteiger partial charge in [0.15, 0.2) is 0 Å². The second-order valence-electron chi connectivity index (χ2n) is 4.68. The van der Waals surface area contributed by atoms with Crippen LogP contribution in [0.4, 0.5) is 10.5 Å². The Labute approximate surface area is 116 Å². The lowest BCUT2D eigenvalue weighted by atomic mass is 10.2. The molecule has 2 amide bonds. The average molecular weight is 312 g/mol. The van der Waals surface area contributed by atoms with E-state index in [0.717, 1.165) is 41.9 Å². The van der Waals surface area contributed by atoms with Gasteiger partial charge in [-0.1, -0.05) is 15.9 Å². The summed E-state index contributed by atoms with van der Waals surface area (Å²) in [6.45, 7) is 5.44. The number of benzene rings is 1. The Morgan fingerprint density at radius 3 is 2.56 bits per heavy atom. The van der Waals surface area contributed by atoms with Crippen molar-refractivity contribution in [3.05, 3.63) is 28.2 Å². The number of rotatable bonds is 1. The fourth-order valence-corrected chi connectivity index (χ4v) is 2.45. The summed E-state index contributed by atoms with van der Waals surface area (Å²) in [6, 6.07) is 5.85. The normalized spacial score (nSPS) is 16.7. The maximum Gasteiger partial charge on any atom is 0.321 e. The van der Waals surface area contributed by atoms with Crippen molar-refractivity contribution < 1.29 is 4.79 Å². The Morgan fingerprint density at radius 2 is 1.94 bits per heavy atom. The second-order valence-corrected chi connectivity index (χ2v) is 5.60. The minimum absolute atomic E-state index is 0.00600. The first kappa shape index (κ1) is 13.4. The molecule has 1 heterocycles. The van der Waals surface area contributed by atoms with Crippen molar-refractivity contribution in [2.75, 3.05) is 38.5 Å². The van der Waals surface area contributed by atoms with Crippen LogP contribution >= 0.6 is 15.9 Å². The van der Waals surface area contributed by atoms with Crippen molar-refractivity contribution in [1.82, 2.24) is 9.80 Å². The maximum absolute atomic E-state index is 12.1. The lowest BCUT2D eigenvalue weighted by Crippen LogP contribution is -2.48. The van der Waals surface area contributed by atoms with E-state index >= 15 is 0 Å². The highest BCUT2D eigenvalue weighted by atomic mass is 79.9. The Bertz CT molecular complexity index is 442. The quantitative estimate of drug-likeness (QED) is 0.865. The molecule has 5 heteroatoms. The molecular weight excluding hydrogens is 294 g/mol. The number of likely N-dealkylation sites (N-methyl/N-ethyl adjacent to an activating group) is 1. The largest absolute Gasteiger partial charge is 0.322 e. The number of halogens is 1. The van der Waals surface area contributed by atoms with E-state index in [2.05, 4.69) is 33.2 Å². The fourth-order valence-electron chi connectivity index (χ4n) is 1.97. The molecule has 2 rings (SSSR count). The predicted octanol–water partition coefficient (Wildman–Crippen LogP) is 2.54. The smallest absolute Gasteiger partial charge is 0.321 e. The van der Waals surface area contributed by atoms with Gasteiger partial charge in [-0.25, -0.2) is 4.79 Å². The molecule has 0 saturated carbocycles. The standard InChI is InChI=1S/C13H18BrN3O/c1-10-9-11(14)3-4-12(10)15-13(18)17-7-5-16(2)6-8-17/h3-4,9H,5-8H2,1-2H3,(H,15,18). The third kappa shape index (κ3) is 3.23. The summed E-state index contributed by atoms with van der Waals surface area (Å²) < 4.78 is 1.03. The van der Waals surface area contributed by atoms with Crippen molar-refractivity contribution in [3.8, 4) is 0 Å². The first-order valence-electron chi connectivity index (χ1n) is 6.07. The van der Waals surface area contributed by atoms with E-state index in [-0.39, 0.29) is 6.03 Å². The van der Waals surface area contributed by atoms with Crippen LogP contribution in [0, 0.1) is 6.92 Å². The number of hydrogen-bond donors (Lipinski definition) is 1. The van der Waals surface area contributed by atoms with Crippen molar-refractivity contribution in [2.45, 2.75) is 6.92 Å². The fraction of sp³-hybridized carbons (Fsp3) is 0.462. The van der Waals surface area contributed by atoms with E-state index in [1.165, 1.54) is 0 Å². The van der Waals surface area contributed by atoms with Crippen LogP contribution in [0.25, 0.3) is 0 Å². The zero-order valence-electron chi connectivity index (χ0n) is 10.7. The molecule has 0 aromatic heterocycles. The molecule has 0 aliphatic carbocycles. The molecule has 1 N–H and O–H groups in total. The Hall–Kier alpha value is -1.07. The van der Waals surface area contributed by atoms with Crippen LogP contribution in [0.2, 0.25) is 0 Å². The molecule has 1 fully saturated rings. The van der Waals surface area contributed by atoms with Gasteiger partial charge in [-0.15, -0.1) is 0 Å². The molecule has 1 aliphatic heterocycles. The molecule has 1 aliphatic rings. The molecule has 4 nitrogen and oxygen atoms in total. The lowest BCUT2D eigenvalue weighted by molar-refractivity contribution is 0.164.